The number of rotatable bonds is 5. The maximum atomic E-state index is 13.9. The predicted octanol–water partition coefficient (Wildman–Crippen LogP) is 6.46. The first-order chi connectivity index (χ1) is 17.0. The lowest BCUT2D eigenvalue weighted by atomic mass is 9.85. The third-order valence-corrected chi connectivity index (χ3v) is 6.38. The fourth-order valence-corrected chi connectivity index (χ4v) is 4.42. The van der Waals surface area contributed by atoms with Crippen LogP contribution in [-0.4, -0.2) is 23.4 Å². The summed E-state index contributed by atoms with van der Waals surface area (Å²) in [7, 11) is 0. The zero-order valence-corrected chi connectivity index (χ0v) is 21.1. The fraction of sp³-hybridized carbons (Fsp3) is 0.267. The first-order valence-electron chi connectivity index (χ1n) is 11.9. The predicted molar refractivity (Wildman–Crippen MR) is 139 cm³/mol. The van der Waals surface area contributed by atoms with Crippen molar-refractivity contribution in [2.45, 2.75) is 46.1 Å². The van der Waals surface area contributed by atoms with E-state index in [2.05, 4.69) is 20.8 Å². The minimum Gasteiger partial charge on any atom is -0.507 e. The van der Waals surface area contributed by atoms with E-state index in [1.165, 1.54) is 23.1 Å². The molecule has 1 unspecified atom stereocenters. The van der Waals surface area contributed by atoms with E-state index in [-0.39, 0.29) is 22.3 Å². The van der Waals surface area contributed by atoms with E-state index >= 15 is 0 Å². The number of aryl methyl sites for hydroxylation is 1. The van der Waals surface area contributed by atoms with Gasteiger partial charge in [0.15, 0.2) is 0 Å². The first-order valence-corrected chi connectivity index (χ1v) is 11.9. The molecule has 1 saturated heterocycles. The Kier molecular flexibility index (Phi) is 6.72. The highest BCUT2D eigenvalue weighted by Crippen LogP contribution is 2.43. The molecule has 186 valence electrons. The van der Waals surface area contributed by atoms with Crippen LogP contribution in [0.1, 0.15) is 56.0 Å². The van der Waals surface area contributed by atoms with Crippen molar-refractivity contribution in [3.05, 3.63) is 100 Å². The van der Waals surface area contributed by atoms with E-state index in [0.29, 0.717) is 29.2 Å². The molecule has 1 N–H and O–H groups in total. The van der Waals surface area contributed by atoms with Gasteiger partial charge in [0, 0.05) is 17.3 Å². The molecule has 1 aliphatic rings. The van der Waals surface area contributed by atoms with Crippen molar-refractivity contribution in [1.29, 1.82) is 0 Å². The average Bonchev–Trinajstić information content (AvgIpc) is 3.10. The van der Waals surface area contributed by atoms with Crippen LogP contribution in [0.3, 0.4) is 0 Å². The molecule has 36 heavy (non-hydrogen) atoms. The Labute approximate surface area is 210 Å². The van der Waals surface area contributed by atoms with Crippen LogP contribution in [0.5, 0.6) is 5.75 Å². The van der Waals surface area contributed by atoms with Gasteiger partial charge in [-0.1, -0.05) is 51.1 Å². The zero-order chi connectivity index (χ0) is 26.2. The molecule has 0 spiro atoms. The van der Waals surface area contributed by atoms with Gasteiger partial charge in [0.2, 0.25) is 0 Å². The number of hydrogen-bond acceptors (Lipinski definition) is 4. The van der Waals surface area contributed by atoms with Crippen molar-refractivity contribution in [3.8, 4) is 5.75 Å². The van der Waals surface area contributed by atoms with Gasteiger partial charge in [0.05, 0.1) is 18.2 Å². The van der Waals surface area contributed by atoms with E-state index in [4.69, 9.17) is 4.74 Å². The molecular weight excluding hydrogens is 457 g/mol. The number of aliphatic hydroxyl groups excluding tert-OH is 1. The van der Waals surface area contributed by atoms with Gasteiger partial charge in [0.1, 0.15) is 17.3 Å². The quantitative estimate of drug-likeness (QED) is 0.255. The number of carbonyl (C=O) groups excluding carboxylic acids is 2. The number of anilines is 1. The SMILES string of the molecule is CCOc1cccc(N2C(=O)C(=O)/C(=C(/O)c3ccc(F)c(C)c3)C2c2ccc(C(C)(C)C)cc2)c1. The lowest BCUT2D eigenvalue weighted by Crippen LogP contribution is -2.29. The van der Waals surface area contributed by atoms with Gasteiger partial charge in [-0.15, -0.1) is 0 Å². The molecule has 5 nitrogen and oxygen atoms in total. The number of hydrogen-bond donors (Lipinski definition) is 1. The summed E-state index contributed by atoms with van der Waals surface area (Å²) >= 11 is 0. The van der Waals surface area contributed by atoms with E-state index in [1.807, 2.05) is 31.2 Å². The molecule has 6 heteroatoms. The highest BCUT2D eigenvalue weighted by atomic mass is 19.1. The average molecular weight is 488 g/mol. The highest BCUT2D eigenvalue weighted by Gasteiger charge is 2.47. The first kappa shape index (κ1) is 25.2. The lowest BCUT2D eigenvalue weighted by molar-refractivity contribution is -0.132. The molecule has 0 bridgehead atoms. The van der Waals surface area contributed by atoms with Gasteiger partial charge >= 0.3 is 0 Å². The van der Waals surface area contributed by atoms with Crippen LogP contribution in [0.25, 0.3) is 5.76 Å². The molecule has 0 saturated carbocycles. The molecular formula is C30H30FNO4. The molecule has 0 aromatic heterocycles. The number of aliphatic hydroxyl groups is 1. The molecule has 1 atom stereocenters. The number of carbonyl (C=O) groups is 2. The third-order valence-electron chi connectivity index (χ3n) is 6.38. The summed E-state index contributed by atoms with van der Waals surface area (Å²) in [5.74, 6) is -1.76. The van der Waals surface area contributed by atoms with Gasteiger partial charge < -0.3 is 9.84 Å². The third kappa shape index (κ3) is 4.63. The van der Waals surface area contributed by atoms with Crippen molar-refractivity contribution < 1.29 is 23.8 Å². The van der Waals surface area contributed by atoms with Gasteiger partial charge in [0.25, 0.3) is 11.7 Å². The molecule has 0 radical (unpaired) electrons. The van der Waals surface area contributed by atoms with Crippen molar-refractivity contribution in [2.75, 3.05) is 11.5 Å². The highest BCUT2D eigenvalue weighted by molar-refractivity contribution is 6.51. The number of Topliss-reactive ketones (excluding diaryl/α,β-unsaturated/α-hetero) is 1. The number of ketones is 1. The normalized spacial score (nSPS) is 17.5. The van der Waals surface area contributed by atoms with Crippen LogP contribution in [0.15, 0.2) is 72.3 Å². The minimum atomic E-state index is -0.874. The van der Waals surface area contributed by atoms with Crippen LogP contribution in [0.4, 0.5) is 10.1 Å². The van der Waals surface area contributed by atoms with E-state index in [1.54, 1.807) is 31.2 Å². The van der Waals surface area contributed by atoms with Crippen molar-refractivity contribution in [3.63, 3.8) is 0 Å². The largest absolute Gasteiger partial charge is 0.507 e. The molecule has 0 aliphatic carbocycles. The number of benzene rings is 3. The summed E-state index contributed by atoms with van der Waals surface area (Å²) in [6, 6.07) is 17.9. The topological polar surface area (TPSA) is 66.8 Å². The van der Waals surface area contributed by atoms with Crippen LogP contribution >= 0.6 is 0 Å². The van der Waals surface area contributed by atoms with Crippen LogP contribution in [0, 0.1) is 12.7 Å². The van der Waals surface area contributed by atoms with E-state index in [9.17, 15) is 19.1 Å². The van der Waals surface area contributed by atoms with Crippen molar-refractivity contribution >= 4 is 23.1 Å². The molecule has 4 rings (SSSR count). The summed E-state index contributed by atoms with van der Waals surface area (Å²) < 4.78 is 19.5. The Hall–Kier alpha value is -3.93. The van der Waals surface area contributed by atoms with Crippen molar-refractivity contribution in [2.24, 2.45) is 0 Å². The number of nitrogens with zero attached hydrogens (tertiary/aromatic N) is 1. The second-order valence-electron chi connectivity index (χ2n) is 9.94. The van der Waals surface area contributed by atoms with E-state index in [0.717, 1.165) is 5.56 Å². The lowest BCUT2D eigenvalue weighted by Gasteiger charge is -2.27. The molecule has 3 aromatic rings. The summed E-state index contributed by atoms with van der Waals surface area (Å²) in [5, 5.41) is 11.3. The maximum Gasteiger partial charge on any atom is 0.300 e. The molecule has 1 fully saturated rings. The maximum absolute atomic E-state index is 13.9. The molecule has 1 aliphatic heterocycles. The second-order valence-corrected chi connectivity index (χ2v) is 9.94. The van der Waals surface area contributed by atoms with E-state index < -0.39 is 23.5 Å². The molecule has 1 heterocycles. The Morgan fingerprint density at radius 2 is 1.72 bits per heavy atom. The van der Waals surface area contributed by atoms with Gasteiger partial charge in [-0.05, 0) is 66.3 Å². The van der Waals surface area contributed by atoms with Gasteiger partial charge in [-0.2, -0.15) is 0 Å². The van der Waals surface area contributed by atoms with Crippen LogP contribution in [-0.2, 0) is 15.0 Å². The smallest absolute Gasteiger partial charge is 0.300 e. The summed E-state index contributed by atoms with van der Waals surface area (Å²) in [5.41, 5.74) is 2.70. The standard InChI is InChI=1S/C30H30FNO4/c1-6-36-23-9-7-8-22(17-23)32-26(19-10-13-21(14-11-19)30(3,4)5)25(28(34)29(32)35)27(33)20-12-15-24(31)18(2)16-20/h7-17,26,33H,6H2,1-5H3/b27-25+. The summed E-state index contributed by atoms with van der Waals surface area (Å²) in [6.07, 6.45) is 0. The Morgan fingerprint density at radius 3 is 2.33 bits per heavy atom. The summed E-state index contributed by atoms with van der Waals surface area (Å²) in [6.45, 7) is 10.2. The Bertz CT molecular complexity index is 1350. The van der Waals surface area contributed by atoms with Crippen molar-refractivity contribution in [1.82, 2.24) is 0 Å². The Balaban J connectivity index is 1.93. The fourth-order valence-electron chi connectivity index (χ4n) is 4.42. The van der Waals surface area contributed by atoms with Crippen LogP contribution < -0.4 is 9.64 Å². The minimum absolute atomic E-state index is 0.0451. The number of halogens is 1. The van der Waals surface area contributed by atoms with Gasteiger partial charge in [-0.3, -0.25) is 14.5 Å². The monoisotopic (exact) mass is 487 g/mol. The summed E-state index contributed by atoms with van der Waals surface area (Å²) in [4.78, 5) is 28.1. The van der Waals surface area contributed by atoms with Gasteiger partial charge in [-0.25, -0.2) is 4.39 Å². The Morgan fingerprint density at radius 1 is 1.03 bits per heavy atom. The number of ether oxygens (including phenoxy) is 1. The zero-order valence-electron chi connectivity index (χ0n) is 21.1. The second kappa shape index (κ2) is 9.61. The number of amides is 1. The molecule has 1 amide bonds. The van der Waals surface area contributed by atoms with Crippen LogP contribution in [0.2, 0.25) is 0 Å². The molecule has 3 aromatic carbocycles.